The number of halogens is 2. The van der Waals surface area contributed by atoms with Crippen molar-refractivity contribution in [1.82, 2.24) is 0 Å². The van der Waals surface area contributed by atoms with E-state index in [1.807, 2.05) is 0 Å². The number of hydrogen-bond acceptors (Lipinski definition) is 8. The van der Waals surface area contributed by atoms with Gasteiger partial charge in [0.05, 0.1) is 29.1 Å². The van der Waals surface area contributed by atoms with Crippen LogP contribution in [-0.2, 0) is 9.53 Å². The van der Waals surface area contributed by atoms with E-state index in [0.29, 0.717) is 0 Å². The number of phenols is 1. The Morgan fingerprint density at radius 3 is 2.04 bits per heavy atom. The topological polar surface area (TPSA) is 142 Å². The summed E-state index contributed by atoms with van der Waals surface area (Å²) in [5.74, 6) is -0.555. The van der Waals surface area contributed by atoms with Crippen LogP contribution in [0, 0.1) is 20.2 Å². The summed E-state index contributed by atoms with van der Waals surface area (Å²) in [7, 11) is 1.22. The number of aromatic hydroxyl groups is 1. The van der Waals surface area contributed by atoms with Crippen LogP contribution < -0.4 is 4.74 Å². The monoisotopic (exact) mass is 418 g/mol. The Hall–Kier alpha value is -3.11. The SMILES string of the molecule is COC(=O)COc1ccc(Cl)c([N+](=O)[O-])c1.O=[N+]([O-])c1cc(O)ccc1Cl. The van der Waals surface area contributed by atoms with Crippen LogP contribution in [0.5, 0.6) is 11.5 Å². The number of carbonyl (C=O) groups excluding carboxylic acids is 1. The quantitative estimate of drug-likeness (QED) is 0.439. The van der Waals surface area contributed by atoms with Crippen molar-refractivity contribution in [2.75, 3.05) is 13.7 Å². The molecule has 0 spiro atoms. The maximum absolute atomic E-state index is 10.8. The van der Waals surface area contributed by atoms with Crippen molar-refractivity contribution in [2.45, 2.75) is 0 Å². The Balaban J connectivity index is 0.000000289. The molecular formula is C15H12Cl2N2O8. The zero-order valence-corrected chi connectivity index (χ0v) is 15.1. The van der Waals surface area contributed by atoms with Crippen molar-refractivity contribution in [2.24, 2.45) is 0 Å². The first-order chi connectivity index (χ1) is 12.6. The third-order valence-corrected chi connectivity index (χ3v) is 3.46. The molecule has 0 unspecified atom stereocenters. The van der Waals surface area contributed by atoms with Gasteiger partial charge in [-0.25, -0.2) is 4.79 Å². The van der Waals surface area contributed by atoms with E-state index in [-0.39, 0.29) is 39.5 Å². The predicted molar refractivity (Wildman–Crippen MR) is 95.4 cm³/mol. The molecule has 0 amide bonds. The molecule has 0 radical (unpaired) electrons. The summed E-state index contributed by atoms with van der Waals surface area (Å²) in [4.78, 5) is 30.2. The van der Waals surface area contributed by atoms with Crippen LogP contribution in [0.2, 0.25) is 10.0 Å². The van der Waals surface area contributed by atoms with Crippen molar-refractivity contribution in [3.05, 3.63) is 66.7 Å². The molecule has 0 saturated carbocycles. The molecule has 0 atom stereocenters. The normalized spacial score (nSPS) is 9.59. The van der Waals surface area contributed by atoms with Gasteiger partial charge in [-0.2, -0.15) is 0 Å². The first-order valence-corrected chi connectivity index (χ1v) is 7.67. The van der Waals surface area contributed by atoms with Crippen molar-refractivity contribution < 1.29 is 29.2 Å². The Kier molecular flexibility index (Phi) is 8.24. The fraction of sp³-hybridized carbons (Fsp3) is 0.133. The van der Waals surface area contributed by atoms with E-state index >= 15 is 0 Å². The summed E-state index contributed by atoms with van der Waals surface area (Å²) < 4.78 is 9.32. The van der Waals surface area contributed by atoms with E-state index in [2.05, 4.69) is 4.74 Å². The minimum atomic E-state index is -0.651. The van der Waals surface area contributed by atoms with Crippen LogP contribution >= 0.6 is 23.2 Å². The average Bonchev–Trinajstić information content (AvgIpc) is 2.62. The number of esters is 1. The number of hydrogen-bond donors (Lipinski definition) is 1. The molecule has 10 nitrogen and oxygen atoms in total. The van der Waals surface area contributed by atoms with Gasteiger partial charge < -0.3 is 14.6 Å². The molecule has 0 aliphatic carbocycles. The van der Waals surface area contributed by atoms with E-state index in [1.165, 1.54) is 31.4 Å². The zero-order chi connectivity index (χ0) is 20.6. The Bertz CT molecular complexity index is 860. The van der Waals surface area contributed by atoms with Gasteiger partial charge in [-0.05, 0) is 24.3 Å². The number of nitrogens with zero attached hydrogens (tertiary/aromatic N) is 2. The molecule has 2 rings (SSSR count). The second-order valence-electron chi connectivity index (χ2n) is 4.63. The van der Waals surface area contributed by atoms with Gasteiger partial charge in [0, 0.05) is 0 Å². The molecule has 0 aliphatic heterocycles. The maximum Gasteiger partial charge on any atom is 0.343 e. The highest BCUT2D eigenvalue weighted by molar-refractivity contribution is 6.33. The molecule has 2 aromatic rings. The van der Waals surface area contributed by atoms with E-state index < -0.39 is 15.8 Å². The predicted octanol–water partition coefficient (Wildman–Crippen LogP) is 3.75. The van der Waals surface area contributed by atoms with Crippen molar-refractivity contribution in [3.8, 4) is 11.5 Å². The summed E-state index contributed by atoms with van der Waals surface area (Å²) in [6.07, 6.45) is 0. The van der Waals surface area contributed by atoms with Crippen LogP contribution in [-0.4, -0.2) is 34.6 Å². The van der Waals surface area contributed by atoms with Crippen molar-refractivity contribution >= 4 is 40.5 Å². The number of nitro groups is 2. The third kappa shape index (κ3) is 6.96. The highest BCUT2D eigenvalue weighted by Gasteiger charge is 2.14. The van der Waals surface area contributed by atoms with E-state index in [9.17, 15) is 25.0 Å². The van der Waals surface area contributed by atoms with Crippen molar-refractivity contribution in [3.63, 3.8) is 0 Å². The molecule has 0 bridgehead atoms. The highest BCUT2D eigenvalue weighted by Crippen LogP contribution is 2.28. The summed E-state index contributed by atoms with van der Waals surface area (Å²) in [6.45, 7) is -0.310. The number of carbonyl (C=O) groups is 1. The van der Waals surface area contributed by atoms with Gasteiger partial charge in [0.2, 0.25) is 0 Å². The van der Waals surface area contributed by atoms with Gasteiger partial charge in [0.15, 0.2) is 6.61 Å². The molecule has 0 aliphatic rings. The van der Waals surface area contributed by atoms with Gasteiger partial charge in [0.1, 0.15) is 21.5 Å². The molecule has 1 N–H and O–H groups in total. The summed E-state index contributed by atoms with van der Waals surface area (Å²) in [6, 6.07) is 7.46. The fourth-order valence-corrected chi connectivity index (χ4v) is 1.94. The molecule has 0 saturated heterocycles. The molecule has 0 aromatic heterocycles. The molecule has 0 fully saturated rings. The molecular weight excluding hydrogens is 407 g/mol. The highest BCUT2D eigenvalue weighted by atomic mass is 35.5. The van der Waals surface area contributed by atoms with Crippen LogP contribution in [0.25, 0.3) is 0 Å². The second kappa shape index (κ2) is 10.1. The van der Waals surface area contributed by atoms with Crippen LogP contribution in [0.15, 0.2) is 36.4 Å². The van der Waals surface area contributed by atoms with Gasteiger partial charge >= 0.3 is 5.97 Å². The Morgan fingerprint density at radius 1 is 1.04 bits per heavy atom. The fourth-order valence-electron chi connectivity index (χ4n) is 1.56. The average molecular weight is 419 g/mol. The maximum atomic E-state index is 10.8. The lowest BCUT2D eigenvalue weighted by Gasteiger charge is -2.04. The Labute approximate surface area is 162 Å². The number of rotatable bonds is 5. The van der Waals surface area contributed by atoms with Crippen LogP contribution in [0.4, 0.5) is 11.4 Å². The molecule has 144 valence electrons. The smallest absolute Gasteiger partial charge is 0.343 e. The number of methoxy groups -OCH3 is 1. The number of benzene rings is 2. The molecule has 12 heteroatoms. The van der Waals surface area contributed by atoms with Gasteiger partial charge in [-0.1, -0.05) is 23.2 Å². The third-order valence-electron chi connectivity index (χ3n) is 2.83. The zero-order valence-electron chi connectivity index (χ0n) is 13.6. The lowest BCUT2D eigenvalue weighted by molar-refractivity contribution is -0.384. The lowest BCUT2D eigenvalue weighted by Crippen LogP contribution is -2.12. The van der Waals surface area contributed by atoms with E-state index in [0.717, 1.165) is 12.1 Å². The minimum absolute atomic E-state index is 0.00965. The van der Waals surface area contributed by atoms with Crippen molar-refractivity contribution in [1.29, 1.82) is 0 Å². The van der Waals surface area contributed by atoms with Crippen LogP contribution in [0.3, 0.4) is 0 Å². The number of nitro benzene ring substituents is 2. The van der Waals surface area contributed by atoms with E-state index in [4.69, 9.17) is 33.0 Å². The van der Waals surface area contributed by atoms with Gasteiger partial charge in [-0.3, -0.25) is 20.2 Å². The van der Waals surface area contributed by atoms with Crippen LogP contribution in [0.1, 0.15) is 0 Å². The molecule has 27 heavy (non-hydrogen) atoms. The molecule has 0 heterocycles. The summed E-state index contributed by atoms with van der Waals surface area (Å²) >= 11 is 11.0. The van der Waals surface area contributed by atoms with Gasteiger partial charge in [0.25, 0.3) is 11.4 Å². The second-order valence-corrected chi connectivity index (χ2v) is 5.44. The Morgan fingerprint density at radius 2 is 1.56 bits per heavy atom. The van der Waals surface area contributed by atoms with E-state index in [1.54, 1.807) is 0 Å². The first kappa shape index (κ1) is 21.9. The number of ether oxygens (including phenoxy) is 2. The molecule has 2 aromatic carbocycles. The summed E-state index contributed by atoms with van der Waals surface area (Å²) in [5.41, 5.74) is -0.560. The minimum Gasteiger partial charge on any atom is -0.508 e. The lowest BCUT2D eigenvalue weighted by atomic mass is 10.3. The standard InChI is InChI=1S/C9H8ClNO5.C6H4ClNO3/c1-15-9(12)5-16-6-2-3-7(10)8(4-6)11(13)14;7-5-2-1-4(9)3-6(5)8(10)11/h2-4H,5H2,1H3;1-3,9H. The largest absolute Gasteiger partial charge is 0.508 e. The number of phenolic OH excluding ortho intramolecular Hbond substituents is 1. The summed E-state index contributed by atoms with van der Waals surface area (Å²) in [5, 5.41) is 29.6. The first-order valence-electron chi connectivity index (χ1n) is 6.92. The van der Waals surface area contributed by atoms with Gasteiger partial charge in [-0.15, -0.1) is 0 Å².